The third-order valence-corrected chi connectivity index (χ3v) is 3.88. The molecule has 1 aliphatic heterocycles. The van der Waals surface area contributed by atoms with Gasteiger partial charge in [0, 0.05) is 36.4 Å². The topological polar surface area (TPSA) is 50.4 Å². The Hall–Kier alpha value is -1.55. The van der Waals surface area contributed by atoms with Crippen LogP contribution in [0.25, 0.3) is 0 Å². The molecule has 20 heavy (non-hydrogen) atoms. The Labute approximate surface area is 120 Å². The number of nitrogens with one attached hydrogen (secondary N) is 2. The lowest BCUT2D eigenvalue weighted by Gasteiger charge is -2.20. The Bertz CT molecular complexity index is 468. The maximum Gasteiger partial charge on any atom is 0.251 e. The smallest absolute Gasteiger partial charge is 0.251 e. The van der Waals surface area contributed by atoms with Crippen LogP contribution in [-0.2, 0) is 4.74 Å². The molecule has 0 saturated carbocycles. The zero-order valence-electron chi connectivity index (χ0n) is 12.5. The van der Waals surface area contributed by atoms with E-state index in [4.69, 9.17) is 4.74 Å². The number of aryl methyl sites for hydroxylation is 1. The van der Waals surface area contributed by atoms with E-state index in [0.717, 1.165) is 43.0 Å². The van der Waals surface area contributed by atoms with Gasteiger partial charge in [0.1, 0.15) is 0 Å². The molecule has 2 N–H and O–H groups in total. The molecule has 1 heterocycles. The van der Waals surface area contributed by atoms with Gasteiger partial charge in [-0.15, -0.1) is 0 Å². The van der Waals surface area contributed by atoms with Crippen LogP contribution in [0.15, 0.2) is 18.2 Å². The molecule has 2 rings (SSSR count). The highest BCUT2D eigenvalue weighted by Crippen LogP contribution is 2.18. The molecule has 4 nitrogen and oxygen atoms in total. The summed E-state index contributed by atoms with van der Waals surface area (Å²) in [4.78, 5) is 12.3. The van der Waals surface area contributed by atoms with E-state index < -0.39 is 0 Å². The van der Waals surface area contributed by atoms with Gasteiger partial charge in [0.15, 0.2) is 0 Å². The largest absolute Gasteiger partial charge is 0.385 e. The molecule has 2 unspecified atom stereocenters. The first-order valence-electron chi connectivity index (χ1n) is 7.35. The number of hydrogen-bond acceptors (Lipinski definition) is 3. The molecule has 2 atom stereocenters. The van der Waals surface area contributed by atoms with Crippen LogP contribution in [-0.4, -0.2) is 31.7 Å². The molecule has 0 radical (unpaired) electrons. The molecule has 0 spiro atoms. The Kier molecular flexibility index (Phi) is 5.01. The summed E-state index contributed by atoms with van der Waals surface area (Å²) in [5.74, 6) is 0.435. The van der Waals surface area contributed by atoms with Gasteiger partial charge in [0.25, 0.3) is 5.91 Å². The lowest BCUT2D eigenvalue weighted by Crippen LogP contribution is -2.38. The lowest BCUT2D eigenvalue weighted by atomic mass is 9.99. The Morgan fingerprint density at radius 2 is 2.30 bits per heavy atom. The second-order valence-electron chi connectivity index (χ2n) is 5.45. The summed E-state index contributed by atoms with van der Waals surface area (Å²) in [6.07, 6.45) is 1.03. The molecular formula is C16H24N2O2. The molecular weight excluding hydrogens is 252 g/mol. The van der Waals surface area contributed by atoms with E-state index in [1.807, 2.05) is 25.1 Å². The van der Waals surface area contributed by atoms with E-state index in [9.17, 15) is 4.79 Å². The van der Waals surface area contributed by atoms with E-state index in [1.54, 1.807) is 0 Å². The van der Waals surface area contributed by atoms with Gasteiger partial charge < -0.3 is 15.4 Å². The molecule has 1 saturated heterocycles. The molecule has 1 aromatic rings. The highest BCUT2D eigenvalue weighted by molar-refractivity contribution is 5.96. The third kappa shape index (κ3) is 3.51. The van der Waals surface area contributed by atoms with Gasteiger partial charge in [-0.25, -0.2) is 0 Å². The van der Waals surface area contributed by atoms with Crippen LogP contribution in [0.4, 0.5) is 5.69 Å². The number of ether oxygens (including phenoxy) is 1. The van der Waals surface area contributed by atoms with Gasteiger partial charge in [0.2, 0.25) is 0 Å². The van der Waals surface area contributed by atoms with Crippen molar-refractivity contribution in [3.63, 3.8) is 0 Å². The van der Waals surface area contributed by atoms with Gasteiger partial charge in [0.05, 0.1) is 6.61 Å². The average molecular weight is 276 g/mol. The van der Waals surface area contributed by atoms with E-state index in [0.29, 0.717) is 5.92 Å². The SMILES string of the molecule is CCNc1ccc(C(=O)NC(C)C2CCOC2)c(C)c1. The number of carbonyl (C=O) groups excluding carboxylic acids is 1. The summed E-state index contributed by atoms with van der Waals surface area (Å²) in [5, 5.41) is 6.34. The molecule has 0 aromatic heterocycles. The number of carbonyl (C=O) groups is 1. The van der Waals surface area contributed by atoms with Crippen LogP contribution in [0.1, 0.15) is 36.2 Å². The van der Waals surface area contributed by atoms with Crippen LogP contribution in [0.2, 0.25) is 0 Å². The summed E-state index contributed by atoms with van der Waals surface area (Å²) in [5.41, 5.74) is 2.80. The first kappa shape index (κ1) is 14.9. The summed E-state index contributed by atoms with van der Waals surface area (Å²) in [7, 11) is 0. The molecule has 1 aromatic carbocycles. The first-order chi connectivity index (χ1) is 9.61. The molecule has 0 aliphatic carbocycles. The fourth-order valence-corrected chi connectivity index (χ4v) is 2.58. The zero-order valence-corrected chi connectivity index (χ0v) is 12.5. The highest BCUT2D eigenvalue weighted by Gasteiger charge is 2.24. The summed E-state index contributed by atoms with van der Waals surface area (Å²) in [6, 6.07) is 6.01. The number of anilines is 1. The zero-order chi connectivity index (χ0) is 14.5. The Morgan fingerprint density at radius 3 is 2.90 bits per heavy atom. The van der Waals surface area contributed by atoms with Gasteiger partial charge in [-0.1, -0.05) is 0 Å². The van der Waals surface area contributed by atoms with Crippen molar-refractivity contribution in [2.75, 3.05) is 25.1 Å². The fraction of sp³-hybridized carbons (Fsp3) is 0.562. The highest BCUT2D eigenvalue weighted by atomic mass is 16.5. The minimum atomic E-state index is 0.00458. The monoisotopic (exact) mass is 276 g/mol. The van der Waals surface area contributed by atoms with Crippen molar-refractivity contribution in [2.45, 2.75) is 33.2 Å². The Morgan fingerprint density at radius 1 is 1.50 bits per heavy atom. The van der Waals surface area contributed by atoms with Crippen molar-refractivity contribution >= 4 is 11.6 Å². The third-order valence-electron chi connectivity index (χ3n) is 3.88. The minimum Gasteiger partial charge on any atom is -0.385 e. The second kappa shape index (κ2) is 6.75. The maximum atomic E-state index is 12.3. The second-order valence-corrected chi connectivity index (χ2v) is 5.45. The van der Waals surface area contributed by atoms with Crippen molar-refractivity contribution < 1.29 is 9.53 Å². The molecule has 1 amide bonds. The minimum absolute atomic E-state index is 0.00458. The van der Waals surface area contributed by atoms with Crippen LogP contribution < -0.4 is 10.6 Å². The average Bonchev–Trinajstić information content (AvgIpc) is 2.93. The van der Waals surface area contributed by atoms with Crippen LogP contribution in [0.3, 0.4) is 0 Å². The lowest BCUT2D eigenvalue weighted by molar-refractivity contribution is 0.0921. The van der Waals surface area contributed by atoms with E-state index in [-0.39, 0.29) is 11.9 Å². The van der Waals surface area contributed by atoms with Gasteiger partial charge >= 0.3 is 0 Å². The fourth-order valence-electron chi connectivity index (χ4n) is 2.58. The first-order valence-corrected chi connectivity index (χ1v) is 7.35. The number of rotatable bonds is 5. The number of hydrogen-bond donors (Lipinski definition) is 2. The van der Waals surface area contributed by atoms with Gasteiger partial charge in [-0.05, 0) is 51.0 Å². The summed E-state index contributed by atoms with van der Waals surface area (Å²) in [6.45, 7) is 8.52. The van der Waals surface area contributed by atoms with Gasteiger partial charge in [-0.3, -0.25) is 4.79 Å². The van der Waals surface area contributed by atoms with Crippen LogP contribution in [0.5, 0.6) is 0 Å². The molecule has 110 valence electrons. The molecule has 1 fully saturated rings. The van der Waals surface area contributed by atoms with Crippen molar-refractivity contribution in [3.8, 4) is 0 Å². The quantitative estimate of drug-likeness (QED) is 0.869. The van der Waals surface area contributed by atoms with E-state index >= 15 is 0 Å². The summed E-state index contributed by atoms with van der Waals surface area (Å²) >= 11 is 0. The van der Waals surface area contributed by atoms with Crippen LogP contribution in [0, 0.1) is 12.8 Å². The predicted octanol–water partition coefficient (Wildman–Crippen LogP) is 2.58. The molecule has 1 aliphatic rings. The number of benzene rings is 1. The summed E-state index contributed by atoms with van der Waals surface area (Å²) < 4.78 is 5.37. The van der Waals surface area contributed by atoms with Crippen LogP contribution >= 0.6 is 0 Å². The van der Waals surface area contributed by atoms with Gasteiger partial charge in [-0.2, -0.15) is 0 Å². The number of amides is 1. The van der Waals surface area contributed by atoms with Crippen molar-refractivity contribution in [3.05, 3.63) is 29.3 Å². The standard InChI is InChI=1S/C16H24N2O2/c1-4-17-14-5-6-15(11(2)9-14)16(19)18-12(3)13-7-8-20-10-13/h5-6,9,12-13,17H,4,7-8,10H2,1-3H3,(H,18,19). The van der Waals surface area contributed by atoms with Crippen molar-refractivity contribution in [1.82, 2.24) is 5.32 Å². The van der Waals surface area contributed by atoms with Crippen molar-refractivity contribution in [2.24, 2.45) is 5.92 Å². The van der Waals surface area contributed by atoms with E-state index in [1.165, 1.54) is 0 Å². The van der Waals surface area contributed by atoms with E-state index in [2.05, 4.69) is 24.5 Å². The normalized spacial score (nSPS) is 19.6. The molecule has 4 heteroatoms. The van der Waals surface area contributed by atoms with Crippen molar-refractivity contribution in [1.29, 1.82) is 0 Å². The molecule has 0 bridgehead atoms. The Balaban J connectivity index is 2.01. The maximum absolute atomic E-state index is 12.3. The predicted molar refractivity (Wildman–Crippen MR) is 81.2 cm³/mol.